The zero-order valence-corrected chi connectivity index (χ0v) is 11.7. The maximum atomic E-state index is 6.02. The second-order valence-corrected chi connectivity index (χ2v) is 5.32. The Labute approximate surface area is 118 Å². The van der Waals surface area contributed by atoms with E-state index in [0.717, 1.165) is 31.6 Å². The third-order valence-corrected chi connectivity index (χ3v) is 3.94. The summed E-state index contributed by atoms with van der Waals surface area (Å²) in [4.78, 5) is 0. The maximum absolute atomic E-state index is 6.02. The fourth-order valence-corrected chi connectivity index (χ4v) is 2.45. The maximum Gasteiger partial charge on any atom is 0.0700 e. The molecule has 3 nitrogen and oxygen atoms in total. The number of hydrogen-bond donors (Lipinski definition) is 2. The average Bonchev–Trinajstić information content (AvgIpc) is 2.87. The quantitative estimate of drug-likeness (QED) is 0.876. The van der Waals surface area contributed by atoms with Gasteiger partial charge in [0.1, 0.15) is 0 Å². The topological polar surface area (TPSA) is 47.3 Å². The van der Waals surface area contributed by atoms with Gasteiger partial charge >= 0.3 is 0 Å². The fraction of sp³-hybridized carbons (Fsp3) is 0.538. The lowest BCUT2D eigenvalue weighted by atomic mass is 10.1. The number of nitrogens with two attached hydrogens (primary N) is 1. The minimum atomic E-state index is 0.0870. The molecule has 1 saturated heterocycles. The number of hydrogen-bond acceptors (Lipinski definition) is 3. The highest BCUT2D eigenvalue weighted by Gasteiger charge is 2.18. The first-order valence-electron chi connectivity index (χ1n) is 6.20. The van der Waals surface area contributed by atoms with E-state index < -0.39 is 0 Å². The fourth-order valence-electron chi connectivity index (χ4n) is 2.15. The van der Waals surface area contributed by atoms with E-state index in [1.807, 2.05) is 12.1 Å². The van der Waals surface area contributed by atoms with E-state index >= 15 is 0 Å². The van der Waals surface area contributed by atoms with Crippen LogP contribution in [0.4, 0.5) is 0 Å². The highest BCUT2D eigenvalue weighted by atomic mass is 35.5. The van der Waals surface area contributed by atoms with Crippen molar-refractivity contribution in [2.45, 2.75) is 25.0 Å². The van der Waals surface area contributed by atoms with Crippen LogP contribution in [0, 0.1) is 0 Å². The summed E-state index contributed by atoms with van der Waals surface area (Å²) < 4.78 is 5.58. The second-order valence-electron chi connectivity index (χ2n) is 4.51. The van der Waals surface area contributed by atoms with Crippen molar-refractivity contribution in [3.8, 4) is 0 Å². The van der Waals surface area contributed by atoms with Gasteiger partial charge in [-0.2, -0.15) is 0 Å². The Balaban J connectivity index is 1.96. The van der Waals surface area contributed by atoms with Crippen LogP contribution >= 0.6 is 23.2 Å². The van der Waals surface area contributed by atoms with Crippen molar-refractivity contribution in [1.82, 2.24) is 5.32 Å². The molecule has 0 aliphatic carbocycles. The van der Waals surface area contributed by atoms with Crippen LogP contribution in [-0.4, -0.2) is 25.8 Å². The minimum absolute atomic E-state index is 0.0870. The summed E-state index contributed by atoms with van der Waals surface area (Å²) in [5, 5.41) is 4.55. The van der Waals surface area contributed by atoms with E-state index in [-0.39, 0.29) is 6.04 Å². The molecule has 1 aromatic rings. The Morgan fingerprint density at radius 2 is 2.22 bits per heavy atom. The SMILES string of the molecule is NCC(NCC1CCCO1)c1ccc(Cl)c(Cl)c1. The standard InChI is InChI=1S/C13H18Cl2N2O/c14-11-4-3-9(6-12(11)15)13(7-16)17-8-10-2-1-5-18-10/h3-4,6,10,13,17H,1-2,5,7-8,16H2. The summed E-state index contributed by atoms with van der Waals surface area (Å²) in [5.41, 5.74) is 6.86. The number of benzene rings is 1. The second kappa shape index (κ2) is 6.73. The molecule has 0 aromatic heterocycles. The molecule has 1 aliphatic rings. The molecule has 1 heterocycles. The molecular weight excluding hydrogens is 271 g/mol. The lowest BCUT2D eigenvalue weighted by Gasteiger charge is -2.20. The normalized spacial score (nSPS) is 21.2. The number of halogens is 2. The van der Waals surface area contributed by atoms with Crippen LogP contribution in [0.25, 0.3) is 0 Å². The lowest BCUT2D eigenvalue weighted by Crippen LogP contribution is -2.34. The predicted molar refractivity (Wildman–Crippen MR) is 75.2 cm³/mol. The van der Waals surface area contributed by atoms with Crippen molar-refractivity contribution in [3.05, 3.63) is 33.8 Å². The smallest absolute Gasteiger partial charge is 0.0700 e. The lowest BCUT2D eigenvalue weighted by molar-refractivity contribution is 0.107. The monoisotopic (exact) mass is 288 g/mol. The van der Waals surface area contributed by atoms with Crippen LogP contribution in [0.1, 0.15) is 24.4 Å². The van der Waals surface area contributed by atoms with Gasteiger partial charge in [-0.25, -0.2) is 0 Å². The summed E-state index contributed by atoms with van der Waals surface area (Å²) in [7, 11) is 0. The predicted octanol–water partition coefficient (Wildman–Crippen LogP) is 2.76. The van der Waals surface area contributed by atoms with Crippen LogP contribution in [-0.2, 0) is 4.74 Å². The van der Waals surface area contributed by atoms with Gasteiger partial charge in [0.2, 0.25) is 0 Å². The Bertz CT molecular complexity index is 395. The molecule has 2 rings (SSSR count). The molecule has 0 bridgehead atoms. The number of rotatable bonds is 5. The Morgan fingerprint density at radius 1 is 1.39 bits per heavy atom. The van der Waals surface area contributed by atoms with Crippen molar-refractivity contribution in [2.75, 3.05) is 19.7 Å². The van der Waals surface area contributed by atoms with E-state index in [9.17, 15) is 0 Å². The van der Waals surface area contributed by atoms with Gasteiger partial charge in [0.25, 0.3) is 0 Å². The zero-order chi connectivity index (χ0) is 13.0. The van der Waals surface area contributed by atoms with Gasteiger partial charge in [-0.3, -0.25) is 0 Å². The Kier molecular flexibility index (Phi) is 5.27. The molecule has 1 fully saturated rings. The highest BCUT2D eigenvalue weighted by molar-refractivity contribution is 6.42. The summed E-state index contributed by atoms with van der Waals surface area (Å²) in [5.74, 6) is 0. The third-order valence-electron chi connectivity index (χ3n) is 3.20. The van der Waals surface area contributed by atoms with Gasteiger partial charge in [-0.15, -0.1) is 0 Å². The van der Waals surface area contributed by atoms with Crippen LogP contribution in [0.15, 0.2) is 18.2 Å². The Morgan fingerprint density at radius 3 is 2.83 bits per heavy atom. The van der Waals surface area contributed by atoms with Crippen molar-refractivity contribution < 1.29 is 4.74 Å². The molecule has 100 valence electrons. The largest absolute Gasteiger partial charge is 0.377 e. The van der Waals surface area contributed by atoms with Crippen LogP contribution < -0.4 is 11.1 Å². The van der Waals surface area contributed by atoms with Crippen molar-refractivity contribution in [2.24, 2.45) is 5.73 Å². The van der Waals surface area contributed by atoms with Crippen molar-refractivity contribution >= 4 is 23.2 Å². The molecule has 5 heteroatoms. The van der Waals surface area contributed by atoms with Crippen LogP contribution in [0.5, 0.6) is 0 Å². The van der Waals surface area contributed by atoms with Crippen molar-refractivity contribution in [1.29, 1.82) is 0 Å². The molecule has 2 unspecified atom stereocenters. The van der Waals surface area contributed by atoms with Gasteiger partial charge in [0.05, 0.1) is 16.1 Å². The van der Waals surface area contributed by atoms with Crippen LogP contribution in [0.3, 0.4) is 0 Å². The molecule has 1 aliphatic heterocycles. The molecule has 18 heavy (non-hydrogen) atoms. The molecule has 0 spiro atoms. The summed E-state index contributed by atoms with van der Waals surface area (Å²) in [6.45, 7) is 2.21. The number of nitrogens with one attached hydrogen (secondary N) is 1. The van der Waals surface area contributed by atoms with Gasteiger partial charge < -0.3 is 15.8 Å². The van der Waals surface area contributed by atoms with Gasteiger partial charge in [0.15, 0.2) is 0 Å². The number of ether oxygens (including phenoxy) is 1. The summed E-state index contributed by atoms with van der Waals surface area (Å²) in [6, 6.07) is 5.71. The zero-order valence-electron chi connectivity index (χ0n) is 10.2. The van der Waals surface area contributed by atoms with Gasteiger partial charge in [0, 0.05) is 25.7 Å². The molecule has 3 N–H and O–H groups in total. The first kappa shape index (κ1) is 14.1. The minimum Gasteiger partial charge on any atom is -0.377 e. The molecule has 1 aromatic carbocycles. The summed E-state index contributed by atoms with van der Waals surface area (Å²) in [6.07, 6.45) is 2.57. The molecule has 0 radical (unpaired) electrons. The molecular formula is C13H18Cl2N2O. The van der Waals surface area contributed by atoms with Gasteiger partial charge in [-0.05, 0) is 30.5 Å². The first-order valence-corrected chi connectivity index (χ1v) is 6.96. The highest BCUT2D eigenvalue weighted by Crippen LogP contribution is 2.25. The molecule has 2 atom stereocenters. The molecule has 0 amide bonds. The third kappa shape index (κ3) is 3.59. The van der Waals surface area contributed by atoms with Crippen LogP contribution in [0.2, 0.25) is 10.0 Å². The van der Waals surface area contributed by atoms with E-state index in [1.165, 1.54) is 0 Å². The van der Waals surface area contributed by atoms with E-state index in [0.29, 0.717) is 22.7 Å². The van der Waals surface area contributed by atoms with Gasteiger partial charge in [-0.1, -0.05) is 29.3 Å². The summed E-state index contributed by atoms with van der Waals surface area (Å²) >= 11 is 11.9. The Hall–Kier alpha value is -0.320. The van der Waals surface area contributed by atoms with E-state index in [4.69, 9.17) is 33.7 Å². The molecule has 0 saturated carbocycles. The first-order chi connectivity index (χ1) is 8.70. The van der Waals surface area contributed by atoms with E-state index in [2.05, 4.69) is 5.32 Å². The van der Waals surface area contributed by atoms with E-state index in [1.54, 1.807) is 6.07 Å². The van der Waals surface area contributed by atoms with Crippen molar-refractivity contribution in [3.63, 3.8) is 0 Å². The average molecular weight is 289 g/mol.